The van der Waals surface area contributed by atoms with Crippen molar-refractivity contribution < 1.29 is 5.11 Å². The molecule has 2 aromatic carbocycles. The van der Waals surface area contributed by atoms with Crippen molar-refractivity contribution in [1.82, 2.24) is 5.32 Å². The van der Waals surface area contributed by atoms with Gasteiger partial charge in [-0.3, -0.25) is 0 Å². The fraction of sp³-hybridized carbons (Fsp3) is 0.333. The Morgan fingerprint density at radius 2 is 1.50 bits per heavy atom. The number of hydrogen-bond donors (Lipinski definition) is 2. The summed E-state index contributed by atoms with van der Waals surface area (Å²) >= 11 is 0. The molecule has 1 aliphatic carbocycles. The van der Waals surface area contributed by atoms with Gasteiger partial charge in [-0.1, -0.05) is 48.5 Å². The van der Waals surface area contributed by atoms with Crippen molar-refractivity contribution in [3.8, 4) is 0 Å². The van der Waals surface area contributed by atoms with Crippen LogP contribution in [0.1, 0.15) is 34.3 Å². The molecular formula is C18H21NO. The molecule has 3 rings (SSSR count). The number of rotatable bonds is 2. The molecule has 104 valence electrons. The number of aliphatic hydroxyl groups is 1. The second-order valence-corrected chi connectivity index (χ2v) is 5.51. The monoisotopic (exact) mass is 267 g/mol. The van der Waals surface area contributed by atoms with Crippen LogP contribution in [0, 0.1) is 0 Å². The predicted octanol–water partition coefficient (Wildman–Crippen LogP) is 2.82. The van der Waals surface area contributed by atoms with Crippen molar-refractivity contribution in [3.05, 3.63) is 70.8 Å². The average Bonchev–Trinajstić information content (AvgIpc) is 2.49. The summed E-state index contributed by atoms with van der Waals surface area (Å²) in [6, 6.07) is 16.8. The quantitative estimate of drug-likeness (QED) is 0.877. The number of aryl methyl sites for hydroxylation is 2. The van der Waals surface area contributed by atoms with Crippen LogP contribution in [0.3, 0.4) is 0 Å². The van der Waals surface area contributed by atoms with Crippen molar-refractivity contribution in [3.63, 3.8) is 0 Å². The molecule has 2 unspecified atom stereocenters. The maximum Gasteiger partial charge on any atom is 0.0873 e. The zero-order valence-electron chi connectivity index (χ0n) is 11.8. The van der Waals surface area contributed by atoms with Gasteiger partial charge in [0, 0.05) is 12.5 Å². The van der Waals surface area contributed by atoms with Crippen molar-refractivity contribution >= 4 is 0 Å². The van der Waals surface area contributed by atoms with Crippen LogP contribution >= 0.6 is 0 Å². The molecule has 20 heavy (non-hydrogen) atoms. The van der Waals surface area contributed by atoms with E-state index in [0.29, 0.717) is 0 Å². The van der Waals surface area contributed by atoms with Crippen molar-refractivity contribution in [2.75, 3.05) is 13.6 Å². The molecule has 2 heteroatoms. The molecule has 0 bridgehead atoms. The highest BCUT2D eigenvalue weighted by Crippen LogP contribution is 2.36. The number of fused-ring (bicyclic) bond motifs is 2. The lowest BCUT2D eigenvalue weighted by molar-refractivity contribution is 0.142. The third-order valence-electron chi connectivity index (χ3n) is 4.30. The molecule has 1 aliphatic rings. The number of nitrogens with one attached hydrogen (secondary N) is 1. The van der Waals surface area contributed by atoms with Crippen molar-refractivity contribution in [1.29, 1.82) is 0 Å². The molecule has 0 aliphatic heterocycles. The standard InChI is InChI=1S/C18H21NO/c1-19-12-17-15-8-4-2-6-13(15)10-11-14-7-3-5-9-16(14)18(17)20/h2-9,17-20H,10-12H2,1H3. The summed E-state index contributed by atoms with van der Waals surface area (Å²) < 4.78 is 0. The van der Waals surface area contributed by atoms with Crippen molar-refractivity contribution in [2.45, 2.75) is 24.9 Å². The van der Waals surface area contributed by atoms with Gasteiger partial charge in [0.05, 0.1) is 6.10 Å². The first-order chi connectivity index (χ1) is 9.81. The lowest BCUT2D eigenvalue weighted by Gasteiger charge is -2.29. The van der Waals surface area contributed by atoms with Gasteiger partial charge in [0.15, 0.2) is 0 Å². The number of benzene rings is 2. The van der Waals surface area contributed by atoms with E-state index < -0.39 is 6.10 Å². The van der Waals surface area contributed by atoms with E-state index in [1.165, 1.54) is 16.7 Å². The maximum atomic E-state index is 10.9. The van der Waals surface area contributed by atoms with Gasteiger partial charge in [-0.25, -0.2) is 0 Å². The largest absolute Gasteiger partial charge is 0.388 e. The predicted molar refractivity (Wildman–Crippen MR) is 81.9 cm³/mol. The lowest BCUT2D eigenvalue weighted by Crippen LogP contribution is -2.26. The third-order valence-corrected chi connectivity index (χ3v) is 4.30. The van der Waals surface area contributed by atoms with Crippen LogP contribution in [0.4, 0.5) is 0 Å². The molecule has 0 heterocycles. The maximum absolute atomic E-state index is 10.9. The summed E-state index contributed by atoms with van der Waals surface area (Å²) in [6.07, 6.45) is 1.59. The molecule has 2 nitrogen and oxygen atoms in total. The smallest absolute Gasteiger partial charge is 0.0873 e. The summed E-state index contributed by atoms with van der Waals surface area (Å²) in [4.78, 5) is 0. The molecule has 0 saturated carbocycles. The van der Waals surface area contributed by atoms with Gasteiger partial charge < -0.3 is 10.4 Å². The number of hydrogen-bond acceptors (Lipinski definition) is 2. The van der Waals surface area contributed by atoms with Crippen molar-refractivity contribution in [2.24, 2.45) is 0 Å². The van der Waals surface area contributed by atoms with E-state index >= 15 is 0 Å². The Labute approximate surface area is 120 Å². The van der Waals surface area contributed by atoms with Crippen LogP contribution in [-0.4, -0.2) is 18.7 Å². The van der Waals surface area contributed by atoms with E-state index in [0.717, 1.165) is 24.9 Å². The van der Waals surface area contributed by atoms with Crippen LogP contribution in [0.2, 0.25) is 0 Å². The second kappa shape index (κ2) is 5.78. The Bertz CT molecular complexity index is 593. The van der Waals surface area contributed by atoms with Crippen LogP contribution < -0.4 is 5.32 Å². The van der Waals surface area contributed by atoms with E-state index in [2.05, 4.69) is 47.8 Å². The van der Waals surface area contributed by atoms with Gasteiger partial charge in [0.2, 0.25) is 0 Å². The number of likely N-dealkylation sites (N-methyl/N-ethyl adjacent to an activating group) is 1. The average molecular weight is 267 g/mol. The van der Waals surface area contributed by atoms with E-state index in [4.69, 9.17) is 0 Å². The molecule has 0 amide bonds. The second-order valence-electron chi connectivity index (χ2n) is 5.51. The Balaban J connectivity index is 2.09. The SMILES string of the molecule is CNCC1c2ccccc2CCc2ccccc2C1O. The van der Waals surface area contributed by atoms with E-state index in [1.54, 1.807) is 0 Å². The summed E-state index contributed by atoms with van der Waals surface area (Å²) in [6.45, 7) is 0.784. The first-order valence-electron chi connectivity index (χ1n) is 7.29. The van der Waals surface area contributed by atoms with Gasteiger partial charge in [0.25, 0.3) is 0 Å². The molecule has 0 saturated heterocycles. The summed E-state index contributed by atoms with van der Waals surface area (Å²) in [5.74, 6) is 0.109. The normalized spacial score (nSPS) is 21.5. The minimum Gasteiger partial charge on any atom is -0.388 e. The minimum atomic E-state index is -0.444. The summed E-state index contributed by atoms with van der Waals surface area (Å²) in [7, 11) is 1.94. The molecule has 2 N–H and O–H groups in total. The van der Waals surface area contributed by atoms with E-state index in [9.17, 15) is 5.11 Å². The summed E-state index contributed by atoms with van der Waals surface area (Å²) in [5.41, 5.74) is 5.00. The molecule has 0 spiro atoms. The van der Waals surface area contributed by atoms with Gasteiger partial charge >= 0.3 is 0 Å². The Kier molecular flexibility index (Phi) is 3.86. The zero-order valence-corrected chi connectivity index (χ0v) is 11.8. The summed E-state index contributed by atoms with van der Waals surface area (Å²) in [5, 5.41) is 14.1. The Hall–Kier alpha value is -1.64. The first-order valence-corrected chi connectivity index (χ1v) is 7.29. The Morgan fingerprint density at radius 1 is 0.950 bits per heavy atom. The molecule has 2 atom stereocenters. The Morgan fingerprint density at radius 3 is 2.15 bits per heavy atom. The fourth-order valence-corrected chi connectivity index (χ4v) is 3.27. The lowest BCUT2D eigenvalue weighted by atomic mass is 9.80. The van der Waals surface area contributed by atoms with E-state index in [-0.39, 0.29) is 5.92 Å². The van der Waals surface area contributed by atoms with Gasteiger partial charge in [0.1, 0.15) is 0 Å². The topological polar surface area (TPSA) is 32.3 Å². The third kappa shape index (κ3) is 2.37. The van der Waals surface area contributed by atoms with Crippen LogP contribution in [-0.2, 0) is 12.8 Å². The molecule has 2 aromatic rings. The molecule has 0 aromatic heterocycles. The van der Waals surface area contributed by atoms with Gasteiger partial charge in [-0.2, -0.15) is 0 Å². The van der Waals surface area contributed by atoms with Crippen LogP contribution in [0.25, 0.3) is 0 Å². The van der Waals surface area contributed by atoms with Gasteiger partial charge in [-0.15, -0.1) is 0 Å². The fourth-order valence-electron chi connectivity index (χ4n) is 3.27. The molecule has 0 fully saturated rings. The highest BCUT2D eigenvalue weighted by atomic mass is 16.3. The van der Waals surface area contributed by atoms with Gasteiger partial charge in [-0.05, 0) is 42.1 Å². The highest BCUT2D eigenvalue weighted by molar-refractivity contribution is 5.40. The highest BCUT2D eigenvalue weighted by Gasteiger charge is 2.27. The molecule has 0 radical (unpaired) electrons. The molecular weight excluding hydrogens is 246 g/mol. The first kappa shape index (κ1) is 13.3. The number of aliphatic hydroxyl groups excluding tert-OH is 1. The van der Waals surface area contributed by atoms with E-state index in [1.807, 2.05) is 13.1 Å². The zero-order chi connectivity index (χ0) is 13.9. The van der Waals surface area contributed by atoms with Crippen LogP contribution in [0.5, 0.6) is 0 Å². The minimum absolute atomic E-state index is 0.109. The van der Waals surface area contributed by atoms with Crippen LogP contribution in [0.15, 0.2) is 48.5 Å².